The van der Waals surface area contributed by atoms with Gasteiger partial charge in [-0.2, -0.15) is 23.4 Å². The number of carbonyl (C=O) groups is 1. The number of hydrogen-bond acceptors (Lipinski definition) is 4. The summed E-state index contributed by atoms with van der Waals surface area (Å²) in [6, 6.07) is 18.8. The first-order chi connectivity index (χ1) is 17.6. The van der Waals surface area contributed by atoms with E-state index in [0.29, 0.717) is 28.0 Å². The topological polar surface area (TPSA) is 77.1 Å². The highest BCUT2D eigenvalue weighted by Crippen LogP contribution is 2.32. The van der Waals surface area contributed by atoms with E-state index in [-0.39, 0.29) is 17.0 Å². The number of amides is 1. The molecule has 5 aromatic rings. The number of halogens is 3. The molecule has 7 nitrogen and oxygen atoms in total. The minimum atomic E-state index is -4.70. The van der Waals surface area contributed by atoms with Gasteiger partial charge in [-0.1, -0.05) is 60.2 Å². The van der Waals surface area contributed by atoms with Crippen molar-refractivity contribution in [3.05, 3.63) is 101 Å². The fourth-order valence-electron chi connectivity index (χ4n) is 4.12. The molecule has 10 heteroatoms. The highest BCUT2D eigenvalue weighted by molar-refractivity contribution is 6.04. The van der Waals surface area contributed by atoms with Gasteiger partial charge in [0.15, 0.2) is 17.0 Å². The van der Waals surface area contributed by atoms with Gasteiger partial charge in [0.1, 0.15) is 0 Å². The second kappa shape index (κ2) is 9.20. The van der Waals surface area contributed by atoms with Crippen molar-refractivity contribution in [2.75, 3.05) is 5.32 Å². The van der Waals surface area contributed by atoms with E-state index in [1.165, 1.54) is 6.07 Å². The molecule has 3 aromatic heterocycles. The number of alkyl halides is 3. The highest BCUT2D eigenvalue weighted by Gasteiger charge is 2.35. The number of hydrogen-bond donors (Lipinski definition) is 1. The molecule has 0 aliphatic rings. The maximum atomic E-state index is 13.9. The highest BCUT2D eigenvalue weighted by atomic mass is 19.4. The van der Waals surface area contributed by atoms with E-state index >= 15 is 0 Å². The zero-order valence-electron chi connectivity index (χ0n) is 20.3. The molecule has 0 saturated carbocycles. The number of aromatic nitrogens is 5. The summed E-state index contributed by atoms with van der Waals surface area (Å²) in [6.45, 7) is 6.10. The van der Waals surface area contributed by atoms with Crippen LogP contribution in [0.4, 0.5) is 18.9 Å². The minimum Gasteiger partial charge on any atom is -0.317 e. The average molecular weight is 505 g/mol. The van der Waals surface area contributed by atoms with Crippen molar-refractivity contribution < 1.29 is 18.0 Å². The van der Waals surface area contributed by atoms with E-state index in [2.05, 4.69) is 20.5 Å². The van der Waals surface area contributed by atoms with Crippen LogP contribution in [0.25, 0.3) is 16.9 Å². The lowest BCUT2D eigenvalue weighted by Crippen LogP contribution is -2.16. The van der Waals surface area contributed by atoms with E-state index in [0.717, 1.165) is 22.9 Å². The summed E-state index contributed by atoms with van der Waals surface area (Å²) in [5.41, 5.74) is 3.36. The summed E-state index contributed by atoms with van der Waals surface area (Å²) in [6.07, 6.45) is -4.70. The first-order valence-corrected chi connectivity index (χ1v) is 11.5. The lowest BCUT2D eigenvalue weighted by molar-refractivity contribution is -0.142. The standard InChI is InChI=1S/C27H23F3N6O/c1-16-9-11-19(12-10-16)15-35-18(3)25(17(2)33-35)32-26(37)22-14-24-31-21(20-7-5-4-6-8-20)13-23(27(28,29)30)36(24)34-22/h4-14H,15H2,1-3H3,(H,32,37). The fourth-order valence-corrected chi connectivity index (χ4v) is 4.12. The molecule has 1 amide bonds. The lowest BCUT2D eigenvalue weighted by Gasteiger charge is -2.11. The largest absolute Gasteiger partial charge is 0.433 e. The summed E-state index contributed by atoms with van der Waals surface area (Å²) in [7, 11) is 0. The number of nitrogens with one attached hydrogen (secondary N) is 1. The molecule has 188 valence electrons. The van der Waals surface area contributed by atoms with Crippen molar-refractivity contribution in [2.24, 2.45) is 0 Å². The Morgan fingerprint density at radius 1 is 0.946 bits per heavy atom. The van der Waals surface area contributed by atoms with Crippen molar-refractivity contribution >= 4 is 17.2 Å². The van der Waals surface area contributed by atoms with Crippen LogP contribution in [0.1, 0.15) is 38.7 Å². The molecule has 0 spiro atoms. The van der Waals surface area contributed by atoms with Crippen LogP contribution in [0.5, 0.6) is 0 Å². The molecule has 1 N–H and O–H groups in total. The summed E-state index contributed by atoms with van der Waals surface area (Å²) in [4.78, 5) is 17.4. The summed E-state index contributed by atoms with van der Waals surface area (Å²) in [5.74, 6) is -0.652. The van der Waals surface area contributed by atoms with Crippen molar-refractivity contribution in [1.82, 2.24) is 24.4 Å². The van der Waals surface area contributed by atoms with Crippen LogP contribution < -0.4 is 5.32 Å². The first-order valence-electron chi connectivity index (χ1n) is 11.5. The number of fused-ring (bicyclic) bond motifs is 1. The molecule has 0 unspecified atom stereocenters. The molecule has 0 atom stereocenters. The van der Waals surface area contributed by atoms with Gasteiger partial charge < -0.3 is 5.32 Å². The Morgan fingerprint density at radius 3 is 2.32 bits per heavy atom. The van der Waals surface area contributed by atoms with Gasteiger partial charge in [0.25, 0.3) is 5.91 Å². The second-order valence-electron chi connectivity index (χ2n) is 8.83. The predicted octanol–water partition coefficient (Wildman–Crippen LogP) is 5.84. The van der Waals surface area contributed by atoms with Gasteiger partial charge in [-0.25, -0.2) is 9.50 Å². The van der Waals surface area contributed by atoms with Crippen molar-refractivity contribution in [1.29, 1.82) is 0 Å². The molecule has 0 bridgehead atoms. The number of carbonyl (C=O) groups excluding carboxylic acids is 1. The van der Waals surface area contributed by atoms with E-state index in [4.69, 9.17) is 0 Å². The normalized spacial score (nSPS) is 11.7. The molecular formula is C27H23F3N6O. The van der Waals surface area contributed by atoms with Crippen LogP contribution in [0.3, 0.4) is 0 Å². The molecule has 37 heavy (non-hydrogen) atoms. The van der Waals surface area contributed by atoms with Crippen LogP contribution in [-0.4, -0.2) is 30.3 Å². The monoisotopic (exact) mass is 504 g/mol. The van der Waals surface area contributed by atoms with E-state index in [1.54, 1.807) is 41.9 Å². The zero-order valence-corrected chi connectivity index (χ0v) is 20.3. The number of aryl methyl sites for hydroxylation is 2. The maximum Gasteiger partial charge on any atom is 0.433 e. The quantitative estimate of drug-likeness (QED) is 0.326. The predicted molar refractivity (Wildman–Crippen MR) is 133 cm³/mol. The van der Waals surface area contributed by atoms with Crippen LogP contribution in [0, 0.1) is 20.8 Å². The number of anilines is 1. The molecule has 0 saturated heterocycles. The Kier molecular flexibility index (Phi) is 6.02. The van der Waals surface area contributed by atoms with Gasteiger partial charge in [0.05, 0.1) is 29.3 Å². The Bertz CT molecular complexity index is 1600. The van der Waals surface area contributed by atoms with E-state index in [9.17, 15) is 18.0 Å². The third kappa shape index (κ3) is 4.82. The average Bonchev–Trinajstić information content (AvgIpc) is 3.41. The van der Waals surface area contributed by atoms with Gasteiger partial charge in [-0.3, -0.25) is 9.48 Å². The van der Waals surface area contributed by atoms with Gasteiger partial charge in [-0.15, -0.1) is 0 Å². The maximum absolute atomic E-state index is 13.9. The zero-order chi connectivity index (χ0) is 26.3. The molecular weight excluding hydrogens is 481 g/mol. The Hall–Kier alpha value is -4.47. The van der Waals surface area contributed by atoms with Crippen LogP contribution >= 0.6 is 0 Å². The first kappa shape index (κ1) is 24.2. The minimum absolute atomic E-state index is 0.0812. The number of nitrogens with zero attached hydrogens (tertiary/aromatic N) is 5. The SMILES string of the molecule is Cc1ccc(Cn2nc(C)c(NC(=O)c3cc4nc(-c5ccccc5)cc(C(F)(F)F)n4n3)c2C)cc1. The second-order valence-corrected chi connectivity index (χ2v) is 8.83. The van der Waals surface area contributed by atoms with E-state index < -0.39 is 17.8 Å². The van der Waals surface area contributed by atoms with Gasteiger partial charge in [-0.05, 0) is 32.4 Å². The third-order valence-electron chi connectivity index (χ3n) is 6.09. The molecule has 0 radical (unpaired) electrons. The molecule has 0 aliphatic heterocycles. The molecule has 0 aliphatic carbocycles. The lowest BCUT2D eigenvalue weighted by atomic mass is 10.1. The smallest absolute Gasteiger partial charge is 0.317 e. The van der Waals surface area contributed by atoms with E-state index in [1.807, 2.05) is 38.1 Å². The Labute approximate surface area is 210 Å². The van der Waals surface area contributed by atoms with Gasteiger partial charge >= 0.3 is 6.18 Å². The van der Waals surface area contributed by atoms with Crippen molar-refractivity contribution in [3.63, 3.8) is 0 Å². The van der Waals surface area contributed by atoms with Crippen molar-refractivity contribution in [2.45, 2.75) is 33.5 Å². The fraction of sp³-hybridized carbons (Fsp3) is 0.185. The van der Waals surface area contributed by atoms with Crippen LogP contribution in [0.2, 0.25) is 0 Å². The van der Waals surface area contributed by atoms with Crippen molar-refractivity contribution in [3.8, 4) is 11.3 Å². The molecule has 3 heterocycles. The summed E-state index contributed by atoms with van der Waals surface area (Å²) in [5, 5.41) is 11.2. The van der Waals surface area contributed by atoms with Crippen LogP contribution in [0.15, 0.2) is 66.7 Å². The molecule has 0 fully saturated rings. The summed E-state index contributed by atoms with van der Waals surface area (Å²) >= 11 is 0. The van der Waals surface area contributed by atoms with Gasteiger partial charge in [0.2, 0.25) is 0 Å². The number of rotatable bonds is 5. The molecule has 5 rings (SSSR count). The number of benzene rings is 2. The Morgan fingerprint density at radius 2 is 1.65 bits per heavy atom. The third-order valence-corrected chi connectivity index (χ3v) is 6.09. The molecule has 2 aromatic carbocycles. The van der Waals surface area contributed by atoms with Crippen LogP contribution in [-0.2, 0) is 12.7 Å². The summed E-state index contributed by atoms with van der Waals surface area (Å²) < 4.78 is 44.1. The van der Waals surface area contributed by atoms with Gasteiger partial charge in [0, 0.05) is 11.6 Å². The Balaban J connectivity index is 1.47.